The molecule has 5 rings (SSSR count). The first-order valence-corrected chi connectivity index (χ1v) is 14.2. The molecule has 174 valence electrons. The molecule has 0 spiro atoms. The van der Waals surface area contributed by atoms with Crippen molar-refractivity contribution in [1.29, 1.82) is 0 Å². The fraction of sp³-hybridized carbons (Fsp3) is 0.652. The molecule has 3 fully saturated rings. The summed E-state index contributed by atoms with van der Waals surface area (Å²) in [5.74, 6) is 0.965. The quantitative estimate of drug-likeness (QED) is 0.658. The smallest absolute Gasteiger partial charge is 0.243 e. The highest BCUT2D eigenvalue weighted by atomic mass is 32.2. The molecule has 1 aromatic carbocycles. The SMILES string of the molecule is CCCC1CCCN(c2nc3ccc(S(=O)(=O)N4CCN5C(=O)CCC5C4)cc3s2)CC1. The average Bonchev–Trinajstić information content (AvgIpc) is 3.30. The molecular formula is C23H32N4O3S2. The van der Waals surface area contributed by atoms with Gasteiger partial charge in [0, 0.05) is 45.2 Å². The van der Waals surface area contributed by atoms with Crippen LogP contribution in [-0.2, 0) is 14.8 Å². The summed E-state index contributed by atoms with van der Waals surface area (Å²) in [7, 11) is -3.58. The van der Waals surface area contributed by atoms with Crippen molar-refractivity contribution in [1.82, 2.24) is 14.2 Å². The van der Waals surface area contributed by atoms with Gasteiger partial charge in [0.2, 0.25) is 15.9 Å². The number of aromatic nitrogens is 1. The Labute approximate surface area is 194 Å². The third-order valence-electron chi connectivity index (χ3n) is 7.26. The second kappa shape index (κ2) is 8.91. The van der Waals surface area contributed by atoms with Gasteiger partial charge in [-0.05, 0) is 49.8 Å². The molecule has 1 aromatic heterocycles. The van der Waals surface area contributed by atoms with Gasteiger partial charge in [0.05, 0.1) is 15.1 Å². The molecule has 7 nitrogen and oxygen atoms in total. The number of hydrogen-bond acceptors (Lipinski definition) is 6. The van der Waals surface area contributed by atoms with E-state index in [-0.39, 0.29) is 11.9 Å². The Balaban J connectivity index is 1.34. The van der Waals surface area contributed by atoms with Crippen molar-refractivity contribution in [3.63, 3.8) is 0 Å². The monoisotopic (exact) mass is 476 g/mol. The molecule has 9 heteroatoms. The lowest BCUT2D eigenvalue weighted by atomic mass is 9.96. The molecule has 1 amide bonds. The van der Waals surface area contributed by atoms with Gasteiger partial charge >= 0.3 is 0 Å². The van der Waals surface area contributed by atoms with E-state index in [1.54, 1.807) is 27.8 Å². The Morgan fingerprint density at radius 1 is 1.12 bits per heavy atom. The largest absolute Gasteiger partial charge is 0.348 e. The lowest BCUT2D eigenvalue weighted by molar-refractivity contribution is -0.130. The number of rotatable bonds is 5. The van der Waals surface area contributed by atoms with Gasteiger partial charge in [-0.15, -0.1) is 0 Å². The van der Waals surface area contributed by atoms with E-state index in [1.165, 1.54) is 32.1 Å². The van der Waals surface area contributed by atoms with Crippen LogP contribution in [-0.4, -0.2) is 67.3 Å². The minimum atomic E-state index is -3.58. The summed E-state index contributed by atoms with van der Waals surface area (Å²) in [6.07, 6.45) is 7.51. The molecule has 0 N–H and O–H groups in total. The van der Waals surface area contributed by atoms with E-state index < -0.39 is 10.0 Å². The number of sulfonamides is 1. The van der Waals surface area contributed by atoms with Crippen LogP contribution in [0.15, 0.2) is 23.1 Å². The Kier molecular flexibility index (Phi) is 6.15. The Morgan fingerprint density at radius 3 is 2.84 bits per heavy atom. The van der Waals surface area contributed by atoms with Crippen LogP contribution in [0.2, 0.25) is 0 Å². The normalized spacial score (nSPS) is 25.3. The number of hydrogen-bond donors (Lipinski definition) is 0. The maximum atomic E-state index is 13.3. The minimum Gasteiger partial charge on any atom is -0.348 e. The molecule has 3 saturated heterocycles. The van der Waals surface area contributed by atoms with Crippen molar-refractivity contribution in [2.24, 2.45) is 5.92 Å². The van der Waals surface area contributed by atoms with Gasteiger partial charge < -0.3 is 9.80 Å². The van der Waals surface area contributed by atoms with Crippen molar-refractivity contribution >= 4 is 42.6 Å². The van der Waals surface area contributed by atoms with E-state index >= 15 is 0 Å². The number of fused-ring (bicyclic) bond motifs is 2. The summed E-state index contributed by atoms with van der Waals surface area (Å²) in [5.41, 5.74) is 0.865. The molecule has 3 aliphatic rings. The molecule has 2 aromatic rings. The third kappa shape index (κ3) is 4.15. The van der Waals surface area contributed by atoms with Gasteiger partial charge in [-0.3, -0.25) is 4.79 Å². The average molecular weight is 477 g/mol. The summed E-state index contributed by atoms with van der Waals surface area (Å²) in [4.78, 5) is 21.3. The topological polar surface area (TPSA) is 73.8 Å². The van der Waals surface area contributed by atoms with Crippen molar-refractivity contribution in [2.75, 3.05) is 37.6 Å². The first kappa shape index (κ1) is 22.1. The summed E-state index contributed by atoms with van der Waals surface area (Å²) in [5, 5.41) is 1.00. The van der Waals surface area contributed by atoms with Crippen LogP contribution in [0.4, 0.5) is 5.13 Å². The number of amides is 1. The number of anilines is 1. The van der Waals surface area contributed by atoms with E-state index in [0.717, 1.165) is 40.8 Å². The van der Waals surface area contributed by atoms with Crippen LogP contribution in [0.3, 0.4) is 0 Å². The summed E-state index contributed by atoms with van der Waals surface area (Å²) in [6.45, 7) is 5.56. The Bertz CT molecular complexity index is 1100. The van der Waals surface area contributed by atoms with E-state index in [1.807, 2.05) is 11.0 Å². The first-order chi connectivity index (χ1) is 15.5. The van der Waals surface area contributed by atoms with E-state index in [0.29, 0.717) is 31.0 Å². The molecule has 0 saturated carbocycles. The standard InChI is InChI=1S/C23H32N4O3S2/c1-2-4-17-5-3-11-25(12-10-17)23-24-20-8-7-19(15-21(20)31-23)32(29,30)26-13-14-27-18(16-26)6-9-22(27)28/h7-8,15,17-18H,2-6,9-14,16H2,1H3. The lowest BCUT2D eigenvalue weighted by Gasteiger charge is -2.36. The molecular weight excluding hydrogens is 444 g/mol. The second-order valence-electron chi connectivity index (χ2n) is 9.34. The maximum Gasteiger partial charge on any atom is 0.243 e. The van der Waals surface area contributed by atoms with E-state index in [2.05, 4.69) is 11.8 Å². The van der Waals surface area contributed by atoms with Crippen LogP contribution >= 0.6 is 11.3 Å². The minimum absolute atomic E-state index is 0.0179. The van der Waals surface area contributed by atoms with Crippen LogP contribution in [0.25, 0.3) is 10.2 Å². The zero-order chi connectivity index (χ0) is 22.3. The molecule has 4 heterocycles. The van der Waals surface area contributed by atoms with E-state index in [9.17, 15) is 13.2 Å². The first-order valence-electron chi connectivity index (χ1n) is 11.9. The number of thiazole rings is 1. The number of piperazine rings is 1. The summed E-state index contributed by atoms with van der Waals surface area (Å²) >= 11 is 1.60. The summed E-state index contributed by atoms with van der Waals surface area (Å²) < 4.78 is 29.2. The molecule has 0 bridgehead atoms. The van der Waals surface area contributed by atoms with Gasteiger partial charge in [-0.25, -0.2) is 13.4 Å². The number of carbonyl (C=O) groups excluding carboxylic acids is 1. The fourth-order valence-electron chi connectivity index (χ4n) is 5.45. The van der Waals surface area contributed by atoms with Crippen LogP contribution < -0.4 is 4.90 Å². The molecule has 32 heavy (non-hydrogen) atoms. The maximum absolute atomic E-state index is 13.3. The molecule has 2 unspecified atom stereocenters. The van der Waals surface area contributed by atoms with Gasteiger partial charge in [0.15, 0.2) is 5.13 Å². The molecule has 0 aliphatic carbocycles. The van der Waals surface area contributed by atoms with Crippen LogP contribution in [0.5, 0.6) is 0 Å². The van der Waals surface area contributed by atoms with Crippen LogP contribution in [0.1, 0.15) is 51.9 Å². The van der Waals surface area contributed by atoms with Crippen molar-refractivity contribution in [3.8, 4) is 0 Å². The Hall–Kier alpha value is -1.71. The van der Waals surface area contributed by atoms with Gasteiger partial charge in [-0.2, -0.15) is 4.31 Å². The predicted molar refractivity (Wildman–Crippen MR) is 128 cm³/mol. The highest BCUT2D eigenvalue weighted by Gasteiger charge is 2.39. The Morgan fingerprint density at radius 2 is 2.00 bits per heavy atom. The van der Waals surface area contributed by atoms with Gasteiger partial charge in [-0.1, -0.05) is 31.1 Å². The number of benzene rings is 1. The second-order valence-corrected chi connectivity index (χ2v) is 12.3. The van der Waals surface area contributed by atoms with E-state index in [4.69, 9.17) is 4.98 Å². The fourth-order valence-corrected chi connectivity index (χ4v) is 8.07. The lowest BCUT2D eigenvalue weighted by Crippen LogP contribution is -2.53. The zero-order valence-electron chi connectivity index (χ0n) is 18.7. The van der Waals surface area contributed by atoms with Crippen molar-refractivity contribution < 1.29 is 13.2 Å². The number of nitrogens with zero attached hydrogens (tertiary/aromatic N) is 4. The molecule has 3 aliphatic heterocycles. The third-order valence-corrected chi connectivity index (χ3v) is 10.2. The zero-order valence-corrected chi connectivity index (χ0v) is 20.3. The van der Waals surface area contributed by atoms with Crippen molar-refractivity contribution in [2.45, 2.75) is 62.8 Å². The van der Waals surface area contributed by atoms with Gasteiger partial charge in [0.1, 0.15) is 0 Å². The molecule has 2 atom stereocenters. The highest BCUT2D eigenvalue weighted by molar-refractivity contribution is 7.89. The van der Waals surface area contributed by atoms with Crippen molar-refractivity contribution in [3.05, 3.63) is 18.2 Å². The summed E-state index contributed by atoms with van der Waals surface area (Å²) in [6, 6.07) is 5.34. The highest BCUT2D eigenvalue weighted by Crippen LogP contribution is 2.34. The van der Waals surface area contributed by atoms with Crippen LogP contribution in [0, 0.1) is 5.92 Å². The predicted octanol–water partition coefficient (Wildman–Crippen LogP) is 3.70. The van der Waals surface area contributed by atoms with Gasteiger partial charge in [0.25, 0.3) is 0 Å². The molecule has 0 radical (unpaired) electrons. The number of carbonyl (C=O) groups is 1.